The Bertz CT molecular complexity index is 513. The Labute approximate surface area is 130 Å². The first-order valence-electron chi connectivity index (χ1n) is 7.19. The summed E-state index contributed by atoms with van der Waals surface area (Å²) in [7, 11) is 0. The van der Waals surface area contributed by atoms with Crippen LogP contribution in [0.1, 0.15) is 19.8 Å². The molecule has 6 heteroatoms. The van der Waals surface area contributed by atoms with Crippen LogP contribution >= 0.6 is 12.2 Å². The Hall–Kier alpha value is -1.82. The molecule has 114 valence electrons. The molecule has 0 spiro atoms. The molecule has 1 aliphatic rings. The van der Waals surface area contributed by atoms with E-state index in [2.05, 4.69) is 10.2 Å². The van der Waals surface area contributed by atoms with Gasteiger partial charge in [0.15, 0.2) is 5.11 Å². The lowest BCUT2D eigenvalue weighted by atomic mass is 9.96. The summed E-state index contributed by atoms with van der Waals surface area (Å²) in [6.07, 6.45) is 1.61. The first-order chi connectivity index (χ1) is 10.1. The van der Waals surface area contributed by atoms with E-state index in [0.29, 0.717) is 6.61 Å². The zero-order valence-electron chi connectivity index (χ0n) is 12.2. The third-order valence-electron chi connectivity index (χ3n) is 3.62. The fourth-order valence-electron chi connectivity index (χ4n) is 2.60. The largest absolute Gasteiger partial charge is 0.466 e. The number of nitrogens with zero attached hydrogens (tertiary/aromatic N) is 1. The van der Waals surface area contributed by atoms with E-state index in [9.17, 15) is 4.79 Å². The van der Waals surface area contributed by atoms with Gasteiger partial charge in [0.1, 0.15) is 0 Å². The predicted molar refractivity (Wildman–Crippen MR) is 88.4 cm³/mol. The second-order valence-corrected chi connectivity index (χ2v) is 5.46. The Morgan fingerprint density at radius 3 is 2.71 bits per heavy atom. The molecule has 1 aliphatic heterocycles. The van der Waals surface area contributed by atoms with Crippen LogP contribution in [0.15, 0.2) is 24.3 Å². The molecule has 0 amide bonds. The third kappa shape index (κ3) is 4.07. The monoisotopic (exact) mass is 307 g/mol. The molecule has 1 saturated heterocycles. The molecule has 0 bridgehead atoms. The maximum absolute atomic E-state index is 11.8. The Kier molecular flexibility index (Phi) is 5.38. The number of para-hydroxylation sites is 2. The highest BCUT2D eigenvalue weighted by Crippen LogP contribution is 2.30. The molecule has 1 aromatic carbocycles. The molecule has 0 aromatic heterocycles. The quantitative estimate of drug-likeness (QED) is 0.656. The summed E-state index contributed by atoms with van der Waals surface area (Å²) in [4.78, 5) is 14.0. The smallest absolute Gasteiger partial charge is 0.309 e. The van der Waals surface area contributed by atoms with E-state index >= 15 is 0 Å². The number of carbonyl (C=O) groups excluding carboxylic acids is 1. The molecule has 21 heavy (non-hydrogen) atoms. The van der Waals surface area contributed by atoms with E-state index < -0.39 is 0 Å². The molecule has 0 aliphatic carbocycles. The summed E-state index contributed by atoms with van der Waals surface area (Å²) in [5.74, 6) is -0.0661. The van der Waals surface area contributed by atoms with Gasteiger partial charge in [-0.15, -0.1) is 0 Å². The van der Waals surface area contributed by atoms with Crippen LogP contribution in [0.2, 0.25) is 0 Å². The van der Waals surface area contributed by atoms with Crippen LogP contribution in [0.25, 0.3) is 0 Å². The van der Waals surface area contributed by atoms with Crippen molar-refractivity contribution in [3.8, 4) is 0 Å². The van der Waals surface area contributed by atoms with E-state index in [4.69, 9.17) is 22.7 Å². The minimum absolute atomic E-state index is 0.0110. The number of benzene rings is 1. The van der Waals surface area contributed by atoms with Crippen LogP contribution in [-0.2, 0) is 9.53 Å². The number of ether oxygens (including phenoxy) is 1. The molecular weight excluding hydrogens is 286 g/mol. The number of hydrogen-bond donors (Lipinski definition) is 2. The summed E-state index contributed by atoms with van der Waals surface area (Å²) in [6.45, 7) is 3.92. The first kappa shape index (κ1) is 15.6. The fraction of sp³-hybridized carbons (Fsp3) is 0.467. The van der Waals surface area contributed by atoms with Gasteiger partial charge in [0.05, 0.1) is 23.9 Å². The molecular formula is C15H21N3O2S. The number of esters is 1. The van der Waals surface area contributed by atoms with E-state index in [0.717, 1.165) is 37.3 Å². The number of anilines is 2. The van der Waals surface area contributed by atoms with Crippen molar-refractivity contribution in [2.24, 2.45) is 11.7 Å². The Balaban J connectivity index is 2.02. The van der Waals surface area contributed by atoms with E-state index in [1.54, 1.807) is 0 Å². The van der Waals surface area contributed by atoms with Crippen molar-refractivity contribution in [3.05, 3.63) is 24.3 Å². The van der Waals surface area contributed by atoms with Gasteiger partial charge in [0.2, 0.25) is 0 Å². The summed E-state index contributed by atoms with van der Waals surface area (Å²) in [5, 5.41) is 3.25. The molecule has 0 radical (unpaired) electrons. The van der Waals surface area contributed by atoms with Crippen LogP contribution in [0.4, 0.5) is 11.4 Å². The first-order valence-corrected chi connectivity index (χ1v) is 7.59. The summed E-state index contributed by atoms with van der Waals surface area (Å²) in [6, 6.07) is 7.91. The maximum atomic E-state index is 11.8. The van der Waals surface area contributed by atoms with Crippen molar-refractivity contribution in [2.45, 2.75) is 19.8 Å². The zero-order valence-corrected chi connectivity index (χ0v) is 13.0. The minimum atomic E-state index is -0.0771. The van der Waals surface area contributed by atoms with Crippen LogP contribution in [0, 0.1) is 5.92 Å². The molecule has 0 saturated carbocycles. The van der Waals surface area contributed by atoms with Gasteiger partial charge in [0.25, 0.3) is 0 Å². The summed E-state index contributed by atoms with van der Waals surface area (Å²) < 4.78 is 5.10. The molecule has 5 nitrogen and oxygen atoms in total. The summed E-state index contributed by atoms with van der Waals surface area (Å²) >= 11 is 4.91. The number of piperidine rings is 1. The van der Waals surface area contributed by atoms with Crippen LogP contribution in [0.5, 0.6) is 0 Å². The standard InChI is InChI=1S/C15H21N3O2S/c1-2-20-14(19)11-7-9-18(10-8-11)13-6-4-3-5-12(13)17-15(16)21/h3-6,11H,2,7-10H2,1H3,(H3,16,17,21). The Morgan fingerprint density at radius 2 is 2.10 bits per heavy atom. The average molecular weight is 307 g/mol. The van der Waals surface area contributed by atoms with Gasteiger partial charge in [0, 0.05) is 13.1 Å². The zero-order chi connectivity index (χ0) is 15.2. The second-order valence-electron chi connectivity index (χ2n) is 5.02. The van der Waals surface area contributed by atoms with Gasteiger partial charge in [-0.1, -0.05) is 12.1 Å². The van der Waals surface area contributed by atoms with Gasteiger partial charge in [-0.3, -0.25) is 4.79 Å². The average Bonchev–Trinajstić information content (AvgIpc) is 2.48. The van der Waals surface area contributed by atoms with Crippen molar-refractivity contribution in [1.29, 1.82) is 0 Å². The molecule has 3 N–H and O–H groups in total. The van der Waals surface area contributed by atoms with E-state index in [-0.39, 0.29) is 17.0 Å². The molecule has 0 atom stereocenters. The third-order valence-corrected chi connectivity index (χ3v) is 3.72. The highest BCUT2D eigenvalue weighted by atomic mass is 32.1. The van der Waals surface area contributed by atoms with Gasteiger partial charge >= 0.3 is 5.97 Å². The number of hydrogen-bond acceptors (Lipinski definition) is 4. The van der Waals surface area contributed by atoms with Crippen molar-refractivity contribution in [1.82, 2.24) is 0 Å². The van der Waals surface area contributed by atoms with Crippen molar-refractivity contribution < 1.29 is 9.53 Å². The van der Waals surface area contributed by atoms with E-state index in [1.807, 2.05) is 31.2 Å². The van der Waals surface area contributed by atoms with Crippen molar-refractivity contribution in [2.75, 3.05) is 29.9 Å². The lowest BCUT2D eigenvalue weighted by molar-refractivity contribution is -0.148. The topological polar surface area (TPSA) is 67.6 Å². The minimum Gasteiger partial charge on any atom is -0.466 e. The second kappa shape index (κ2) is 7.26. The normalized spacial score (nSPS) is 15.6. The van der Waals surface area contributed by atoms with Crippen LogP contribution in [-0.4, -0.2) is 30.8 Å². The molecule has 2 rings (SSSR count). The van der Waals surface area contributed by atoms with Gasteiger partial charge in [-0.25, -0.2) is 0 Å². The molecule has 1 heterocycles. The molecule has 1 aromatic rings. The highest BCUT2D eigenvalue weighted by molar-refractivity contribution is 7.80. The van der Waals surface area contributed by atoms with Gasteiger partial charge in [-0.05, 0) is 44.1 Å². The Morgan fingerprint density at radius 1 is 1.43 bits per heavy atom. The van der Waals surface area contributed by atoms with E-state index in [1.165, 1.54) is 0 Å². The predicted octanol–water partition coefficient (Wildman–Crippen LogP) is 2.12. The van der Waals surface area contributed by atoms with Gasteiger partial charge in [-0.2, -0.15) is 0 Å². The highest BCUT2D eigenvalue weighted by Gasteiger charge is 2.26. The van der Waals surface area contributed by atoms with Gasteiger partial charge < -0.3 is 20.7 Å². The van der Waals surface area contributed by atoms with Crippen molar-refractivity contribution >= 4 is 34.7 Å². The fourth-order valence-corrected chi connectivity index (χ4v) is 2.71. The number of nitrogens with two attached hydrogens (primary N) is 1. The summed E-state index contributed by atoms with van der Waals surface area (Å²) in [5.41, 5.74) is 7.52. The number of rotatable bonds is 4. The lowest BCUT2D eigenvalue weighted by Crippen LogP contribution is -2.37. The number of nitrogens with one attached hydrogen (secondary N) is 1. The molecule has 0 unspecified atom stereocenters. The molecule has 1 fully saturated rings. The van der Waals surface area contributed by atoms with Crippen LogP contribution < -0.4 is 16.0 Å². The maximum Gasteiger partial charge on any atom is 0.309 e. The SMILES string of the molecule is CCOC(=O)C1CCN(c2ccccc2NC(N)=S)CC1. The van der Waals surface area contributed by atoms with Crippen LogP contribution in [0.3, 0.4) is 0 Å². The number of carbonyl (C=O) groups is 1. The number of thiocarbonyl (C=S) groups is 1. The van der Waals surface area contributed by atoms with Crippen molar-refractivity contribution in [3.63, 3.8) is 0 Å². The lowest BCUT2D eigenvalue weighted by Gasteiger charge is -2.33.